The van der Waals surface area contributed by atoms with Gasteiger partial charge in [-0.15, -0.1) is 0 Å². The number of fused-ring (bicyclic) bond motifs is 1. The van der Waals surface area contributed by atoms with Gasteiger partial charge >= 0.3 is 0 Å². The standard InChI is InChI=1S/C7H10N3O2P/c1-4-7-12-9-5(2)13(7)10(8-4)6(3)11/h7H,1-3H3. The Bertz CT molecular complexity index is 326. The molecule has 0 aromatic rings. The third-order valence-electron chi connectivity index (χ3n) is 1.93. The molecule has 0 radical (unpaired) electrons. The Kier molecular flexibility index (Phi) is 1.84. The quantitative estimate of drug-likeness (QED) is 0.552. The molecule has 0 aromatic carbocycles. The van der Waals surface area contributed by atoms with Crippen LogP contribution < -0.4 is 0 Å². The first-order valence-electron chi connectivity index (χ1n) is 3.96. The number of hydrogen-bond acceptors (Lipinski definition) is 4. The maximum atomic E-state index is 11.2. The Hall–Kier alpha value is -0.960. The van der Waals surface area contributed by atoms with E-state index in [1.54, 1.807) is 0 Å². The summed E-state index contributed by atoms with van der Waals surface area (Å²) in [6.45, 7) is 5.24. The maximum Gasteiger partial charge on any atom is 0.243 e. The average molecular weight is 199 g/mol. The van der Waals surface area contributed by atoms with Gasteiger partial charge < -0.3 is 4.84 Å². The van der Waals surface area contributed by atoms with Crippen molar-refractivity contribution in [3.8, 4) is 0 Å². The van der Waals surface area contributed by atoms with Gasteiger partial charge in [0.2, 0.25) is 11.8 Å². The molecule has 5 nitrogen and oxygen atoms in total. The molecule has 2 atom stereocenters. The molecule has 0 aromatic heterocycles. The fourth-order valence-electron chi connectivity index (χ4n) is 1.34. The highest BCUT2D eigenvalue weighted by atomic mass is 31.1. The molecule has 2 rings (SSSR count). The molecule has 2 aliphatic heterocycles. The number of oxime groups is 1. The van der Waals surface area contributed by atoms with Crippen LogP contribution in [0.25, 0.3) is 0 Å². The highest BCUT2D eigenvalue weighted by Crippen LogP contribution is 2.55. The van der Waals surface area contributed by atoms with E-state index in [4.69, 9.17) is 4.84 Å². The Morgan fingerprint density at radius 3 is 2.92 bits per heavy atom. The summed E-state index contributed by atoms with van der Waals surface area (Å²) >= 11 is 0. The molecule has 2 unspecified atom stereocenters. The minimum Gasteiger partial charge on any atom is -0.379 e. The molecule has 2 heterocycles. The van der Waals surface area contributed by atoms with E-state index in [1.165, 1.54) is 11.7 Å². The van der Waals surface area contributed by atoms with Crippen molar-refractivity contribution >= 4 is 25.1 Å². The second kappa shape index (κ2) is 2.77. The fourth-order valence-corrected chi connectivity index (χ4v) is 3.37. The van der Waals surface area contributed by atoms with Crippen molar-refractivity contribution in [1.29, 1.82) is 0 Å². The van der Waals surface area contributed by atoms with Crippen LogP contribution in [-0.2, 0) is 9.63 Å². The summed E-state index contributed by atoms with van der Waals surface area (Å²) < 4.78 is 1.50. The molecule has 0 N–H and O–H groups in total. The third-order valence-corrected chi connectivity index (χ3v) is 4.37. The molecule has 0 bridgehead atoms. The van der Waals surface area contributed by atoms with Crippen LogP contribution in [0.2, 0.25) is 0 Å². The normalized spacial score (nSPS) is 30.8. The number of carbonyl (C=O) groups is 1. The summed E-state index contributed by atoms with van der Waals surface area (Å²) in [5.74, 6) is -0.146. The fraction of sp³-hybridized carbons (Fsp3) is 0.571. The summed E-state index contributed by atoms with van der Waals surface area (Å²) in [5.41, 5.74) is 1.71. The Morgan fingerprint density at radius 2 is 2.31 bits per heavy atom. The maximum absolute atomic E-state index is 11.2. The summed E-state index contributed by atoms with van der Waals surface area (Å²) in [6, 6.07) is 0. The molecule has 2 aliphatic rings. The Labute approximate surface area is 77.2 Å². The van der Waals surface area contributed by atoms with E-state index in [0.29, 0.717) is 0 Å². The van der Waals surface area contributed by atoms with Gasteiger partial charge in [-0.1, -0.05) is 5.16 Å². The molecule has 70 valence electrons. The molecule has 0 aliphatic carbocycles. The van der Waals surface area contributed by atoms with Crippen molar-refractivity contribution in [2.24, 2.45) is 10.3 Å². The predicted molar refractivity (Wildman–Crippen MR) is 50.5 cm³/mol. The summed E-state index contributed by atoms with van der Waals surface area (Å²) in [6.07, 6.45) is 0. The van der Waals surface area contributed by atoms with Gasteiger partial charge in [0.15, 0.2) is 0 Å². The summed E-state index contributed by atoms with van der Waals surface area (Å²) in [4.78, 5) is 16.4. The monoisotopic (exact) mass is 199 g/mol. The molecular formula is C7H10N3O2P. The number of hydrogen-bond donors (Lipinski definition) is 0. The van der Waals surface area contributed by atoms with Crippen LogP contribution in [-0.4, -0.2) is 27.7 Å². The molecule has 13 heavy (non-hydrogen) atoms. The zero-order chi connectivity index (χ0) is 9.59. The van der Waals surface area contributed by atoms with Crippen LogP contribution in [0.15, 0.2) is 10.3 Å². The lowest BCUT2D eigenvalue weighted by Gasteiger charge is -2.16. The summed E-state index contributed by atoms with van der Waals surface area (Å²) in [5, 5.41) is 8.02. The molecule has 1 amide bonds. The van der Waals surface area contributed by atoms with Crippen molar-refractivity contribution in [2.75, 3.05) is 0 Å². The van der Waals surface area contributed by atoms with Gasteiger partial charge in [-0.2, -0.15) is 5.10 Å². The zero-order valence-corrected chi connectivity index (χ0v) is 8.58. The van der Waals surface area contributed by atoms with E-state index < -0.39 is 8.07 Å². The smallest absolute Gasteiger partial charge is 0.243 e. The SMILES string of the molecule is CC(=O)N1N=C(C)C2ON=C(C)P21. The van der Waals surface area contributed by atoms with E-state index in [2.05, 4.69) is 10.3 Å². The molecule has 0 saturated heterocycles. The van der Waals surface area contributed by atoms with Crippen molar-refractivity contribution in [1.82, 2.24) is 4.78 Å². The lowest BCUT2D eigenvalue weighted by atomic mass is 10.5. The zero-order valence-electron chi connectivity index (χ0n) is 7.68. The Morgan fingerprint density at radius 1 is 1.62 bits per heavy atom. The highest BCUT2D eigenvalue weighted by molar-refractivity contribution is 7.75. The third kappa shape index (κ3) is 1.15. The van der Waals surface area contributed by atoms with Crippen LogP contribution in [0, 0.1) is 0 Å². The molecule has 0 saturated carbocycles. The first kappa shape index (κ1) is 8.63. The van der Waals surface area contributed by atoms with Crippen molar-refractivity contribution in [2.45, 2.75) is 26.6 Å². The molecule has 0 spiro atoms. The van der Waals surface area contributed by atoms with Crippen molar-refractivity contribution in [3.05, 3.63) is 0 Å². The molecular weight excluding hydrogens is 189 g/mol. The topological polar surface area (TPSA) is 54.3 Å². The first-order valence-corrected chi connectivity index (χ1v) is 5.33. The van der Waals surface area contributed by atoms with Gasteiger partial charge in [0.25, 0.3) is 0 Å². The number of rotatable bonds is 0. The van der Waals surface area contributed by atoms with E-state index in [1.807, 2.05) is 13.8 Å². The molecule has 0 fully saturated rings. The van der Waals surface area contributed by atoms with Crippen molar-refractivity contribution < 1.29 is 9.63 Å². The van der Waals surface area contributed by atoms with Crippen LogP contribution in [0.4, 0.5) is 0 Å². The van der Waals surface area contributed by atoms with Gasteiger partial charge in [0, 0.05) is 6.92 Å². The van der Waals surface area contributed by atoms with E-state index in [0.717, 1.165) is 11.2 Å². The predicted octanol–water partition coefficient (Wildman–Crippen LogP) is 1.31. The lowest BCUT2D eigenvalue weighted by molar-refractivity contribution is -0.124. The molecule has 6 heteroatoms. The number of carbonyl (C=O) groups excluding carboxylic acids is 1. The second-order valence-electron chi connectivity index (χ2n) is 2.99. The van der Waals surface area contributed by atoms with Crippen LogP contribution in [0.5, 0.6) is 0 Å². The minimum absolute atomic E-state index is 0.0481. The lowest BCUT2D eigenvalue weighted by Crippen LogP contribution is -2.18. The Balaban J connectivity index is 2.32. The van der Waals surface area contributed by atoms with E-state index in [-0.39, 0.29) is 11.8 Å². The highest BCUT2D eigenvalue weighted by Gasteiger charge is 2.45. The second-order valence-corrected chi connectivity index (χ2v) is 5.17. The van der Waals surface area contributed by atoms with Crippen LogP contribution in [0.1, 0.15) is 20.8 Å². The van der Waals surface area contributed by atoms with Gasteiger partial charge in [-0.25, -0.2) is 4.78 Å². The van der Waals surface area contributed by atoms with E-state index >= 15 is 0 Å². The largest absolute Gasteiger partial charge is 0.379 e. The number of amides is 1. The van der Waals surface area contributed by atoms with Gasteiger partial charge in [0.05, 0.1) is 5.71 Å². The minimum atomic E-state index is -0.789. The van der Waals surface area contributed by atoms with Crippen molar-refractivity contribution in [3.63, 3.8) is 0 Å². The number of nitrogens with zero attached hydrogens (tertiary/aromatic N) is 3. The average Bonchev–Trinajstić information content (AvgIpc) is 2.55. The summed E-state index contributed by atoms with van der Waals surface area (Å²) in [7, 11) is -0.789. The first-order chi connectivity index (χ1) is 6.11. The van der Waals surface area contributed by atoms with Crippen LogP contribution in [0.3, 0.4) is 0 Å². The van der Waals surface area contributed by atoms with Gasteiger partial charge in [0.1, 0.15) is 13.5 Å². The van der Waals surface area contributed by atoms with Crippen LogP contribution >= 0.6 is 8.07 Å². The van der Waals surface area contributed by atoms with E-state index in [9.17, 15) is 4.79 Å². The number of hydrazone groups is 1. The van der Waals surface area contributed by atoms with Gasteiger partial charge in [-0.3, -0.25) is 4.79 Å². The van der Waals surface area contributed by atoms with Gasteiger partial charge in [-0.05, 0) is 13.8 Å².